The van der Waals surface area contributed by atoms with Gasteiger partial charge in [-0.3, -0.25) is 0 Å². The number of fused-ring (bicyclic) bond motifs is 1. The first-order valence-electron chi connectivity index (χ1n) is 11.2. The number of imidazole rings is 1. The average molecular weight is 502 g/mol. The van der Waals surface area contributed by atoms with Crippen molar-refractivity contribution < 1.29 is 19.0 Å². The Bertz CT molecular complexity index is 1580. The molecular weight excluding hydrogens is 481 g/mol. The topological polar surface area (TPSA) is 77.2 Å². The molecule has 2 heterocycles. The Hall–Kier alpha value is -4.23. The standard InChI is InChI=1S/C28H21ClFN3O3/c1-33-25-14-19(28(34)35)10-12-24(25)31-26(33)13-17-5-7-18(8-6-17)23-3-2-4-27(32-23)36-16-20-9-11-21(29)15-22(20)30/h2-12,14-15H,13,16H2,1H3,(H,34,35). The predicted molar refractivity (Wildman–Crippen MR) is 136 cm³/mol. The monoisotopic (exact) mass is 501 g/mol. The van der Waals surface area contributed by atoms with Gasteiger partial charge in [0.1, 0.15) is 18.2 Å². The number of pyridine rings is 1. The van der Waals surface area contributed by atoms with Crippen molar-refractivity contribution in [3.63, 3.8) is 0 Å². The predicted octanol–water partition coefficient (Wildman–Crippen LogP) is 6.30. The summed E-state index contributed by atoms with van der Waals surface area (Å²) >= 11 is 5.80. The Morgan fingerprint density at radius 3 is 2.58 bits per heavy atom. The van der Waals surface area contributed by atoms with E-state index in [9.17, 15) is 14.3 Å². The molecule has 5 aromatic rings. The second kappa shape index (κ2) is 9.79. The van der Waals surface area contributed by atoms with Crippen LogP contribution in [-0.4, -0.2) is 25.6 Å². The van der Waals surface area contributed by atoms with Crippen molar-refractivity contribution in [2.24, 2.45) is 7.05 Å². The summed E-state index contributed by atoms with van der Waals surface area (Å²) in [7, 11) is 1.88. The SMILES string of the molecule is Cn1c(Cc2ccc(-c3cccc(OCc4ccc(Cl)cc4F)n3)cc2)nc2ccc(C(=O)O)cc21. The van der Waals surface area contributed by atoms with Crippen LogP contribution in [0.25, 0.3) is 22.3 Å². The van der Waals surface area contributed by atoms with Crippen LogP contribution in [0.3, 0.4) is 0 Å². The summed E-state index contributed by atoms with van der Waals surface area (Å²) in [6.45, 7) is 0.0460. The third kappa shape index (κ3) is 4.92. The van der Waals surface area contributed by atoms with Gasteiger partial charge in [-0.1, -0.05) is 48.0 Å². The molecule has 0 saturated carbocycles. The zero-order valence-corrected chi connectivity index (χ0v) is 20.0. The number of benzene rings is 3. The molecule has 1 N–H and O–H groups in total. The molecule has 6 nitrogen and oxygen atoms in total. The number of aromatic carboxylic acids is 1. The van der Waals surface area contributed by atoms with Crippen molar-refractivity contribution in [2.75, 3.05) is 0 Å². The van der Waals surface area contributed by atoms with Crippen LogP contribution < -0.4 is 4.74 Å². The maximum Gasteiger partial charge on any atom is 0.335 e. The number of halogens is 2. The second-order valence-corrected chi connectivity index (χ2v) is 8.79. The van der Waals surface area contributed by atoms with Gasteiger partial charge in [0.25, 0.3) is 0 Å². The molecule has 0 fully saturated rings. The number of carbonyl (C=O) groups is 1. The van der Waals surface area contributed by atoms with Crippen LogP contribution in [0.15, 0.2) is 78.9 Å². The van der Waals surface area contributed by atoms with Crippen LogP contribution in [0.4, 0.5) is 4.39 Å². The molecule has 0 radical (unpaired) electrons. The third-order valence-corrected chi connectivity index (χ3v) is 6.18. The molecule has 0 aliphatic heterocycles. The highest BCUT2D eigenvalue weighted by atomic mass is 35.5. The fourth-order valence-electron chi connectivity index (χ4n) is 3.95. The summed E-state index contributed by atoms with van der Waals surface area (Å²) in [5, 5.41) is 9.59. The van der Waals surface area contributed by atoms with Gasteiger partial charge in [0.05, 0.1) is 22.3 Å². The highest BCUT2D eigenvalue weighted by molar-refractivity contribution is 6.30. The Morgan fingerprint density at radius 1 is 1.03 bits per heavy atom. The van der Waals surface area contributed by atoms with Gasteiger partial charge < -0.3 is 14.4 Å². The molecule has 3 aromatic carbocycles. The number of nitrogens with zero attached hydrogens (tertiary/aromatic N) is 3. The van der Waals surface area contributed by atoms with E-state index in [0.717, 1.165) is 33.7 Å². The van der Waals surface area contributed by atoms with E-state index in [-0.39, 0.29) is 12.2 Å². The van der Waals surface area contributed by atoms with Gasteiger partial charge in [0.15, 0.2) is 0 Å². The molecule has 2 aromatic heterocycles. The van der Waals surface area contributed by atoms with E-state index in [1.807, 2.05) is 48.0 Å². The molecule has 180 valence electrons. The summed E-state index contributed by atoms with van der Waals surface area (Å²) < 4.78 is 21.6. The number of aryl methyl sites for hydroxylation is 1. The summed E-state index contributed by atoms with van der Waals surface area (Å²) in [6, 6.07) is 22.8. The van der Waals surface area contributed by atoms with Crippen molar-refractivity contribution in [1.29, 1.82) is 0 Å². The van der Waals surface area contributed by atoms with Crippen LogP contribution in [0.5, 0.6) is 5.88 Å². The second-order valence-electron chi connectivity index (χ2n) is 8.35. The first-order chi connectivity index (χ1) is 17.4. The Kier molecular flexibility index (Phi) is 6.40. The van der Waals surface area contributed by atoms with Crippen LogP contribution >= 0.6 is 11.6 Å². The smallest absolute Gasteiger partial charge is 0.335 e. The zero-order valence-electron chi connectivity index (χ0n) is 19.3. The van der Waals surface area contributed by atoms with E-state index in [1.165, 1.54) is 6.07 Å². The van der Waals surface area contributed by atoms with E-state index in [4.69, 9.17) is 16.3 Å². The maximum absolute atomic E-state index is 14.0. The van der Waals surface area contributed by atoms with Crippen molar-refractivity contribution in [3.05, 3.63) is 112 Å². The molecule has 0 aliphatic rings. The van der Waals surface area contributed by atoms with Crippen molar-refractivity contribution >= 4 is 28.6 Å². The average Bonchev–Trinajstić information content (AvgIpc) is 3.18. The van der Waals surface area contributed by atoms with E-state index in [0.29, 0.717) is 22.9 Å². The molecule has 0 saturated heterocycles. The van der Waals surface area contributed by atoms with Crippen LogP contribution in [-0.2, 0) is 20.1 Å². The van der Waals surface area contributed by atoms with E-state index in [2.05, 4.69) is 9.97 Å². The van der Waals surface area contributed by atoms with Crippen molar-refractivity contribution in [3.8, 4) is 17.1 Å². The van der Waals surface area contributed by atoms with Gasteiger partial charge in [0, 0.05) is 35.7 Å². The van der Waals surface area contributed by atoms with E-state index in [1.54, 1.807) is 36.4 Å². The fourth-order valence-corrected chi connectivity index (χ4v) is 4.11. The summed E-state index contributed by atoms with van der Waals surface area (Å²) in [5.74, 6) is -0.151. The van der Waals surface area contributed by atoms with E-state index >= 15 is 0 Å². The largest absolute Gasteiger partial charge is 0.478 e. The Balaban J connectivity index is 1.30. The minimum absolute atomic E-state index is 0.0460. The van der Waals surface area contributed by atoms with Gasteiger partial charge >= 0.3 is 5.97 Å². The minimum atomic E-state index is -0.963. The summed E-state index contributed by atoms with van der Waals surface area (Å²) in [6.07, 6.45) is 0.594. The van der Waals surface area contributed by atoms with Gasteiger partial charge in [-0.15, -0.1) is 0 Å². The molecule has 0 amide bonds. The highest BCUT2D eigenvalue weighted by Crippen LogP contribution is 2.24. The highest BCUT2D eigenvalue weighted by Gasteiger charge is 2.12. The van der Waals surface area contributed by atoms with Crippen LogP contribution in [0, 0.1) is 5.82 Å². The number of ether oxygens (including phenoxy) is 1. The Morgan fingerprint density at radius 2 is 1.83 bits per heavy atom. The minimum Gasteiger partial charge on any atom is -0.478 e. The normalized spacial score (nSPS) is 11.1. The summed E-state index contributed by atoms with van der Waals surface area (Å²) in [4.78, 5) is 20.5. The third-order valence-electron chi connectivity index (χ3n) is 5.95. The molecule has 0 spiro atoms. The number of rotatable bonds is 7. The number of carboxylic acids is 1. The molecule has 0 bridgehead atoms. The van der Waals surface area contributed by atoms with Crippen LogP contribution in [0.1, 0.15) is 27.3 Å². The molecule has 0 aliphatic carbocycles. The van der Waals surface area contributed by atoms with Crippen molar-refractivity contribution in [1.82, 2.24) is 14.5 Å². The molecule has 36 heavy (non-hydrogen) atoms. The zero-order chi connectivity index (χ0) is 25.2. The molecule has 0 atom stereocenters. The molecule has 8 heteroatoms. The molecule has 5 rings (SSSR count). The van der Waals surface area contributed by atoms with Gasteiger partial charge in [-0.25, -0.2) is 19.2 Å². The number of aromatic nitrogens is 3. The lowest BCUT2D eigenvalue weighted by atomic mass is 10.1. The van der Waals surface area contributed by atoms with Crippen molar-refractivity contribution in [2.45, 2.75) is 13.0 Å². The molecular formula is C28H21ClFN3O3. The van der Waals surface area contributed by atoms with Gasteiger partial charge in [-0.2, -0.15) is 0 Å². The van der Waals surface area contributed by atoms with E-state index < -0.39 is 11.8 Å². The number of hydrogen-bond donors (Lipinski definition) is 1. The quantitative estimate of drug-likeness (QED) is 0.283. The lowest BCUT2D eigenvalue weighted by molar-refractivity contribution is 0.0697. The molecule has 0 unspecified atom stereocenters. The lowest BCUT2D eigenvalue weighted by Crippen LogP contribution is -2.01. The maximum atomic E-state index is 14.0. The first-order valence-corrected chi connectivity index (χ1v) is 11.6. The van der Waals surface area contributed by atoms with Gasteiger partial charge in [-0.05, 0) is 42.0 Å². The summed E-state index contributed by atoms with van der Waals surface area (Å²) in [5.41, 5.74) is 4.88. The van der Waals surface area contributed by atoms with Gasteiger partial charge in [0.2, 0.25) is 5.88 Å². The number of hydrogen-bond acceptors (Lipinski definition) is 4. The first kappa shape index (κ1) is 23.5. The number of carboxylic acid groups (broad SMARTS) is 1. The Labute approximate surface area is 211 Å². The fraction of sp³-hybridized carbons (Fsp3) is 0.107. The van der Waals surface area contributed by atoms with Crippen LogP contribution in [0.2, 0.25) is 5.02 Å². The lowest BCUT2D eigenvalue weighted by Gasteiger charge is -2.09.